The lowest BCUT2D eigenvalue weighted by molar-refractivity contribution is 0.200. The van der Waals surface area contributed by atoms with Gasteiger partial charge in [0.05, 0.1) is 13.2 Å². The highest BCUT2D eigenvalue weighted by atomic mass is 16.5. The summed E-state index contributed by atoms with van der Waals surface area (Å²) >= 11 is 0. The third-order valence-electron chi connectivity index (χ3n) is 7.75. The first-order chi connectivity index (χ1) is 16.6. The molecule has 1 aliphatic heterocycles. The lowest BCUT2D eigenvalue weighted by Gasteiger charge is -2.32. The van der Waals surface area contributed by atoms with E-state index in [1.807, 2.05) is 0 Å². The quantitative estimate of drug-likeness (QED) is 0.370. The van der Waals surface area contributed by atoms with E-state index >= 15 is 0 Å². The van der Waals surface area contributed by atoms with Gasteiger partial charge in [-0.2, -0.15) is 0 Å². The van der Waals surface area contributed by atoms with Crippen LogP contribution in [0.15, 0.2) is 78.9 Å². The minimum atomic E-state index is 0.134. The molecule has 2 atom stereocenters. The van der Waals surface area contributed by atoms with Crippen LogP contribution >= 0.6 is 0 Å². The fourth-order valence-corrected chi connectivity index (χ4v) is 6.06. The van der Waals surface area contributed by atoms with E-state index < -0.39 is 0 Å². The molecule has 3 aromatic rings. The summed E-state index contributed by atoms with van der Waals surface area (Å²) in [6.45, 7) is 5.58. The van der Waals surface area contributed by atoms with E-state index in [1.165, 1.54) is 29.5 Å². The third kappa shape index (κ3) is 5.15. The summed E-state index contributed by atoms with van der Waals surface area (Å²) in [6, 6.07) is 28.5. The number of hydrogen-bond acceptors (Lipinski definition) is 3. The Labute approximate surface area is 204 Å². The zero-order valence-electron chi connectivity index (χ0n) is 20.6. The molecule has 5 rings (SSSR count). The smallest absolute Gasteiger partial charge is 0.161 e. The maximum atomic E-state index is 6.47. The molecular weight excluding hydrogens is 418 g/mol. The summed E-state index contributed by atoms with van der Waals surface area (Å²) in [4.78, 5) is 2.63. The minimum Gasteiger partial charge on any atom is -0.493 e. The summed E-state index contributed by atoms with van der Waals surface area (Å²) in [5.41, 5.74) is 4.29. The average Bonchev–Trinajstić information content (AvgIpc) is 3.48. The Hall–Kier alpha value is -2.78. The molecule has 1 heterocycles. The molecule has 0 radical (unpaired) electrons. The van der Waals surface area contributed by atoms with Crippen LogP contribution < -0.4 is 9.47 Å². The van der Waals surface area contributed by atoms with Gasteiger partial charge in [-0.05, 0) is 66.3 Å². The van der Waals surface area contributed by atoms with Gasteiger partial charge in [-0.15, -0.1) is 0 Å². The first kappa shape index (κ1) is 23.0. The zero-order chi connectivity index (χ0) is 23.4. The molecule has 1 aliphatic carbocycles. The molecule has 34 heavy (non-hydrogen) atoms. The van der Waals surface area contributed by atoms with Crippen LogP contribution in [0.25, 0.3) is 0 Å². The van der Waals surface area contributed by atoms with Crippen LogP contribution in [-0.4, -0.2) is 31.2 Å². The van der Waals surface area contributed by atoms with Crippen molar-refractivity contribution in [3.8, 4) is 11.5 Å². The van der Waals surface area contributed by atoms with E-state index in [-0.39, 0.29) is 5.41 Å². The van der Waals surface area contributed by atoms with E-state index in [9.17, 15) is 0 Å². The highest BCUT2D eigenvalue weighted by Gasteiger charge is 2.43. The summed E-state index contributed by atoms with van der Waals surface area (Å²) in [7, 11) is 1.74. The first-order valence-electron chi connectivity index (χ1n) is 12.8. The Kier molecular flexibility index (Phi) is 6.92. The molecule has 2 aliphatic rings. The van der Waals surface area contributed by atoms with Crippen molar-refractivity contribution in [2.24, 2.45) is 5.41 Å². The number of methoxy groups -OCH3 is 1. The van der Waals surface area contributed by atoms with Gasteiger partial charge >= 0.3 is 0 Å². The molecule has 1 saturated carbocycles. The number of rotatable bonds is 8. The van der Waals surface area contributed by atoms with Crippen LogP contribution in [0.1, 0.15) is 55.2 Å². The molecule has 0 unspecified atom stereocenters. The van der Waals surface area contributed by atoms with Crippen molar-refractivity contribution in [1.29, 1.82) is 0 Å². The molecule has 2 fully saturated rings. The van der Waals surface area contributed by atoms with Crippen molar-refractivity contribution >= 4 is 0 Å². The predicted molar refractivity (Wildman–Crippen MR) is 139 cm³/mol. The second-order valence-electron chi connectivity index (χ2n) is 10.5. The van der Waals surface area contributed by atoms with Gasteiger partial charge in [-0.1, -0.05) is 73.7 Å². The van der Waals surface area contributed by atoms with Gasteiger partial charge in [0.25, 0.3) is 0 Å². The fourth-order valence-electron chi connectivity index (χ4n) is 6.06. The van der Waals surface area contributed by atoms with E-state index in [4.69, 9.17) is 9.47 Å². The Bertz CT molecular complexity index is 1060. The highest BCUT2D eigenvalue weighted by Crippen LogP contribution is 2.47. The Balaban J connectivity index is 1.44. The van der Waals surface area contributed by atoms with Gasteiger partial charge < -0.3 is 9.47 Å². The van der Waals surface area contributed by atoms with Crippen molar-refractivity contribution in [2.45, 2.75) is 57.6 Å². The molecule has 1 saturated heterocycles. The average molecular weight is 456 g/mol. The predicted octanol–water partition coefficient (Wildman–Crippen LogP) is 6.87. The number of hydrogen-bond donors (Lipinski definition) is 0. The molecule has 0 spiro atoms. The SMILES string of the molecule is COc1ccc([C@@H]2CN(Cc3ccccc3)C[C@@]2(C)Cc2ccccc2)cc1OC1CCCC1. The second-order valence-corrected chi connectivity index (χ2v) is 10.5. The molecule has 0 aromatic heterocycles. The molecule has 178 valence electrons. The molecule has 0 bridgehead atoms. The summed E-state index contributed by atoms with van der Waals surface area (Å²) in [6.07, 6.45) is 6.20. The maximum Gasteiger partial charge on any atom is 0.161 e. The normalized spacial score (nSPS) is 23.3. The Morgan fingerprint density at radius 3 is 2.21 bits per heavy atom. The summed E-state index contributed by atoms with van der Waals surface area (Å²) < 4.78 is 12.2. The van der Waals surface area contributed by atoms with E-state index in [2.05, 4.69) is 90.7 Å². The van der Waals surface area contributed by atoms with Gasteiger partial charge in [0.1, 0.15) is 0 Å². The number of ether oxygens (including phenoxy) is 2. The minimum absolute atomic E-state index is 0.134. The maximum absolute atomic E-state index is 6.47. The number of nitrogens with zero attached hydrogens (tertiary/aromatic N) is 1. The van der Waals surface area contributed by atoms with Crippen LogP contribution in [0.2, 0.25) is 0 Å². The molecule has 3 aromatic carbocycles. The van der Waals surface area contributed by atoms with Gasteiger partial charge in [0.15, 0.2) is 11.5 Å². The van der Waals surface area contributed by atoms with Crippen LogP contribution in [-0.2, 0) is 13.0 Å². The van der Waals surface area contributed by atoms with Gasteiger partial charge in [-0.3, -0.25) is 4.90 Å². The Morgan fingerprint density at radius 2 is 1.53 bits per heavy atom. The largest absolute Gasteiger partial charge is 0.493 e. The lowest BCUT2D eigenvalue weighted by Crippen LogP contribution is -2.29. The molecular formula is C31H37NO2. The van der Waals surface area contributed by atoms with Crippen molar-refractivity contribution in [3.05, 3.63) is 95.6 Å². The van der Waals surface area contributed by atoms with Crippen molar-refractivity contribution in [3.63, 3.8) is 0 Å². The second kappa shape index (κ2) is 10.2. The van der Waals surface area contributed by atoms with Crippen molar-refractivity contribution in [1.82, 2.24) is 4.90 Å². The number of benzene rings is 3. The Morgan fingerprint density at radius 1 is 0.853 bits per heavy atom. The molecule has 0 amide bonds. The highest BCUT2D eigenvalue weighted by molar-refractivity contribution is 5.45. The number of likely N-dealkylation sites (tertiary alicyclic amines) is 1. The zero-order valence-corrected chi connectivity index (χ0v) is 20.6. The van der Waals surface area contributed by atoms with Crippen LogP contribution in [0.5, 0.6) is 11.5 Å². The summed E-state index contributed by atoms with van der Waals surface area (Å²) in [5.74, 6) is 2.18. The van der Waals surface area contributed by atoms with E-state index in [1.54, 1.807) is 7.11 Å². The van der Waals surface area contributed by atoms with Gasteiger partial charge in [-0.25, -0.2) is 0 Å². The molecule has 3 nitrogen and oxygen atoms in total. The third-order valence-corrected chi connectivity index (χ3v) is 7.75. The van der Waals surface area contributed by atoms with Gasteiger partial charge in [0.2, 0.25) is 0 Å². The van der Waals surface area contributed by atoms with Crippen LogP contribution in [0.3, 0.4) is 0 Å². The lowest BCUT2D eigenvalue weighted by atomic mass is 9.72. The van der Waals surface area contributed by atoms with Crippen molar-refractivity contribution in [2.75, 3.05) is 20.2 Å². The van der Waals surface area contributed by atoms with Crippen LogP contribution in [0.4, 0.5) is 0 Å². The fraction of sp³-hybridized carbons (Fsp3) is 0.419. The van der Waals surface area contributed by atoms with E-state index in [0.29, 0.717) is 12.0 Å². The van der Waals surface area contributed by atoms with Gasteiger partial charge in [0, 0.05) is 25.6 Å². The summed E-state index contributed by atoms with van der Waals surface area (Å²) in [5, 5.41) is 0. The van der Waals surface area contributed by atoms with Crippen LogP contribution in [0, 0.1) is 5.41 Å². The van der Waals surface area contributed by atoms with E-state index in [0.717, 1.165) is 50.4 Å². The monoisotopic (exact) mass is 455 g/mol. The standard InChI is InChI=1S/C31H37NO2/c1-31(20-24-11-5-3-6-12-24)23-32(21-25-13-7-4-8-14-25)22-28(31)26-17-18-29(33-2)30(19-26)34-27-15-9-10-16-27/h3-8,11-14,17-19,27-28H,9-10,15-16,20-23H2,1-2H3/t28-,31+/m0/s1. The van der Waals surface area contributed by atoms with Crippen molar-refractivity contribution < 1.29 is 9.47 Å². The molecule has 0 N–H and O–H groups in total. The topological polar surface area (TPSA) is 21.7 Å². The molecule has 3 heteroatoms. The first-order valence-corrected chi connectivity index (χ1v) is 12.8.